The Kier molecular flexibility index (Phi) is 1.60. The van der Waals surface area contributed by atoms with Crippen LogP contribution in [0.4, 0.5) is 0 Å². The molecule has 0 radical (unpaired) electrons. The van der Waals surface area contributed by atoms with E-state index in [4.69, 9.17) is 11.6 Å². The van der Waals surface area contributed by atoms with Crippen LogP contribution in [0.15, 0.2) is 6.20 Å². The highest BCUT2D eigenvalue weighted by atomic mass is 16.1. The summed E-state index contributed by atoms with van der Waals surface area (Å²) in [5.74, 6) is 4.97. The quantitative estimate of drug-likeness (QED) is 0.554. The van der Waals surface area contributed by atoms with Crippen molar-refractivity contribution in [2.45, 2.75) is 13.8 Å². The molecule has 4 nitrogen and oxygen atoms in total. The zero-order valence-corrected chi connectivity index (χ0v) is 6.59. The Hall–Kier alpha value is -1.45. The molecule has 1 aromatic heterocycles. The lowest BCUT2D eigenvalue weighted by Crippen LogP contribution is -2.21. The number of aromatic nitrogens is 1. The van der Waals surface area contributed by atoms with Crippen molar-refractivity contribution in [1.82, 2.24) is 4.68 Å². The number of hydrogen-bond donors (Lipinski definition) is 2. The van der Waals surface area contributed by atoms with Gasteiger partial charge in [0.25, 0.3) is 5.91 Å². The summed E-state index contributed by atoms with van der Waals surface area (Å²) in [5, 5.41) is 0. The summed E-state index contributed by atoms with van der Waals surface area (Å²) in [6.07, 6.45) is 1.68. The van der Waals surface area contributed by atoms with E-state index in [1.807, 2.05) is 13.8 Å². The van der Waals surface area contributed by atoms with Gasteiger partial charge in [-0.25, -0.2) is 0 Å². The predicted molar refractivity (Wildman–Crippen MR) is 42.6 cm³/mol. The Labute approximate surface area is 64.8 Å². The maximum Gasteiger partial charge on any atom is 0.267 e. The van der Waals surface area contributed by atoms with Gasteiger partial charge in [-0.2, -0.15) is 0 Å². The van der Waals surface area contributed by atoms with E-state index in [0.29, 0.717) is 5.69 Å². The molecular formula is C7H11N3O. The molecule has 0 aliphatic heterocycles. The average molecular weight is 153 g/mol. The van der Waals surface area contributed by atoms with Crippen molar-refractivity contribution in [3.63, 3.8) is 0 Å². The molecule has 1 amide bonds. The minimum atomic E-state index is -0.488. The largest absolute Gasteiger partial charge is 0.364 e. The number of hydrogen-bond acceptors (Lipinski definition) is 2. The number of amides is 1. The van der Waals surface area contributed by atoms with Crippen molar-refractivity contribution in [3.05, 3.63) is 23.0 Å². The van der Waals surface area contributed by atoms with E-state index in [2.05, 4.69) is 0 Å². The first kappa shape index (κ1) is 7.65. The molecule has 0 saturated heterocycles. The molecular weight excluding hydrogens is 142 g/mol. The minimum absolute atomic E-state index is 0.377. The van der Waals surface area contributed by atoms with Gasteiger partial charge in [-0.3, -0.25) is 9.47 Å². The van der Waals surface area contributed by atoms with Crippen LogP contribution in [0.5, 0.6) is 0 Å². The predicted octanol–water partition coefficient (Wildman–Crippen LogP) is -0.0824. The van der Waals surface area contributed by atoms with Gasteiger partial charge in [0.1, 0.15) is 5.69 Å². The fourth-order valence-electron chi connectivity index (χ4n) is 1.06. The highest BCUT2D eigenvalue weighted by Gasteiger charge is 2.11. The van der Waals surface area contributed by atoms with E-state index in [0.717, 1.165) is 11.1 Å². The van der Waals surface area contributed by atoms with Gasteiger partial charge >= 0.3 is 0 Å². The van der Waals surface area contributed by atoms with Crippen molar-refractivity contribution in [2.75, 3.05) is 5.84 Å². The smallest absolute Gasteiger partial charge is 0.267 e. The van der Waals surface area contributed by atoms with Crippen molar-refractivity contribution in [1.29, 1.82) is 0 Å². The maximum atomic E-state index is 10.8. The van der Waals surface area contributed by atoms with Crippen LogP contribution in [0.1, 0.15) is 21.6 Å². The van der Waals surface area contributed by atoms with E-state index >= 15 is 0 Å². The molecule has 1 heterocycles. The van der Waals surface area contributed by atoms with Crippen LogP contribution < -0.4 is 11.6 Å². The number of primary amides is 1. The van der Waals surface area contributed by atoms with E-state index in [1.165, 1.54) is 4.68 Å². The molecule has 60 valence electrons. The molecule has 0 saturated carbocycles. The van der Waals surface area contributed by atoms with Gasteiger partial charge in [0.2, 0.25) is 0 Å². The Bertz CT molecular complexity index is 301. The van der Waals surface area contributed by atoms with E-state index < -0.39 is 5.91 Å². The summed E-state index contributed by atoms with van der Waals surface area (Å²) in [6, 6.07) is 0. The maximum absolute atomic E-state index is 10.8. The first-order valence-electron chi connectivity index (χ1n) is 3.27. The molecule has 1 rings (SSSR count). The van der Waals surface area contributed by atoms with Crippen LogP contribution in [0.3, 0.4) is 0 Å². The lowest BCUT2D eigenvalue weighted by molar-refractivity contribution is 0.0992. The molecule has 0 atom stereocenters. The van der Waals surface area contributed by atoms with Crippen LogP contribution in [0, 0.1) is 13.8 Å². The molecule has 0 bridgehead atoms. The van der Waals surface area contributed by atoms with Crippen molar-refractivity contribution in [2.24, 2.45) is 5.73 Å². The van der Waals surface area contributed by atoms with Gasteiger partial charge < -0.3 is 11.6 Å². The second-order valence-electron chi connectivity index (χ2n) is 2.56. The van der Waals surface area contributed by atoms with Crippen molar-refractivity contribution >= 4 is 5.91 Å². The fourth-order valence-corrected chi connectivity index (χ4v) is 1.06. The molecule has 0 aliphatic carbocycles. The summed E-state index contributed by atoms with van der Waals surface area (Å²) in [6.45, 7) is 3.70. The number of nitrogen functional groups attached to an aromatic ring is 1. The molecule has 0 aromatic carbocycles. The first-order valence-corrected chi connectivity index (χ1v) is 3.27. The number of carbonyl (C=O) groups excluding carboxylic acids is 1. The Balaban J connectivity index is 3.34. The number of nitrogens with zero attached hydrogens (tertiary/aromatic N) is 1. The highest BCUT2D eigenvalue weighted by Crippen LogP contribution is 2.11. The van der Waals surface area contributed by atoms with Gasteiger partial charge in [0.05, 0.1) is 0 Å². The van der Waals surface area contributed by atoms with Gasteiger partial charge in [-0.15, -0.1) is 0 Å². The third kappa shape index (κ3) is 1.07. The zero-order chi connectivity index (χ0) is 8.59. The summed E-state index contributed by atoms with van der Waals surface area (Å²) < 4.78 is 1.26. The van der Waals surface area contributed by atoms with Gasteiger partial charge in [0, 0.05) is 6.20 Å². The lowest BCUT2D eigenvalue weighted by atomic mass is 10.2. The van der Waals surface area contributed by atoms with Crippen LogP contribution in [0.2, 0.25) is 0 Å². The normalized spacial score (nSPS) is 10.0. The highest BCUT2D eigenvalue weighted by molar-refractivity contribution is 5.93. The van der Waals surface area contributed by atoms with E-state index in [9.17, 15) is 4.79 Å². The number of aryl methyl sites for hydroxylation is 1. The Morgan fingerprint density at radius 2 is 2.09 bits per heavy atom. The second-order valence-corrected chi connectivity index (χ2v) is 2.56. The fraction of sp³-hybridized carbons (Fsp3) is 0.286. The molecule has 0 unspecified atom stereocenters. The van der Waals surface area contributed by atoms with Gasteiger partial charge in [0.15, 0.2) is 0 Å². The van der Waals surface area contributed by atoms with Crippen molar-refractivity contribution < 1.29 is 4.79 Å². The Morgan fingerprint density at radius 1 is 1.55 bits per heavy atom. The SMILES string of the molecule is Cc1cn(N)c(C(N)=O)c1C. The van der Waals surface area contributed by atoms with Gasteiger partial charge in [-0.05, 0) is 25.0 Å². The summed E-state index contributed by atoms with van der Waals surface area (Å²) in [4.78, 5) is 10.8. The minimum Gasteiger partial charge on any atom is -0.364 e. The van der Waals surface area contributed by atoms with Crippen molar-refractivity contribution in [3.8, 4) is 0 Å². The summed E-state index contributed by atoms with van der Waals surface area (Å²) >= 11 is 0. The molecule has 0 spiro atoms. The first-order chi connectivity index (χ1) is 5.04. The Morgan fingerprint density at radius 3 is 2.27 bits per heavy atom. The number of carbonyl (C=O) groups is 1. The third-order valence-corrected chi connectivity index (χ3v) is 1.77. The van der Waals surface area contributed by atoms with Crippen LogP contribution in [-0.4, -0.2) is 10.6 Å². The monoisotopic (exact) mass is 153 g/mol. The summed E-state index contributed by atoms with van der Waals surface area (Å²) in [7, 11) is 0. The van der Waals surface area contributed by atoms with E-state index in [-0.39, 0.29) is 0 Å². The van der Waals surface area contributed by atoms with Crippen LogP contribution in [-0.2, 0) is 0 Å². The third-order valence-electron chi connectivity index (χ3n) is 1.77. The zero-order valence-electron chi connectivity index (χ0n) is 6.59. The molecule has 4 heteroatoms. The number of nitrogens with two attached hydrogens (primary N) is 2. The van der Waals surface area contributed by atoms with E-state index in [1.54, 1.807) is 6.20 Å². The summed E-state index contributed by atoms with van der Waals surface area (Å²) in [5.41, 5.74) is 7.29. The van der Waals surface area contributed by atoms with Crippen LogP contribution in [0.25, 0.3) is 0 Å². The standard InChI is InChI=1S/C7H11N3O/c1-4-3-10(9)6(5(4)2)7(8)11/h3H,9H2,1-2H3,(H2,8,11). The molecule has 0 aliphatic rings. The second kappa shape index (κ2) is 2.30. The molecule has 1 aromatic rings. The molecule has 0 fully saturated rings. The molecule has 4 N–H and O–H groups in total. The van der Waals surface area contributed by atoms with Gasteiger partial charge in [-0.1, -0.05) is 0 Å². The number of rotatable bonds is 1. The average Bonchev–Trinajstić information content (AvgIpc) is 2.07. The van der Waals surface area contributed by atoms with Crippen LogP contribution >= 0.6 is 0 Å². The molecule has 11 heavy (non-hydrogen) atoms. The lowest BCUT2D eigenvalue weighted by Gasteiger charge is -1.97. The topological polar surface area (TPSA) is 74.0 Å².